The Morgan fingerprint density at radius 2 is 1.90 bits per heavy atom. The fraction of sp³-hybridized carbons (Fsp3) is 0.450. The number of nitrogens with one attached hydrogen (secondary N) is 2. The van der Waals surface area contributed by atoms with Crippen LogP contribution in [0.25, 0.3) is 0 Å². The molecule has 1 atom stereocenters. The fourth-order valence-corrected chi connectivity index (χ4v) is 2.32. The molecular formula is C20H24F4N4O2. The quantitative estimate of drug-likeness (QED) is 0.552. The molecular weight excluding hydrogens is 404 g/mol. The first kappa shape index (κ1) is 23.4. The lowest BCUT2D eigenvalue weighted by molar-refractivity contribution is -0.148. The van der Waals surface area contributed by atoms with Gasteiger partial charge in [0, 0.05) is 12.7 Å². The number of anilines is 1. The molecule has 0 aromatic carbocycles. The van der Waals surface area contributed by atoms with Gasteiger partial charge in [0.2, 0.25) is 0 Å². The lowest BCUT2D eigenvalue weighted by Crippen LogP contribution is -2.33. The van der Waals surface area contributed by atoms with Crippen LogP contribution >= 0.6 is 0 Å². The summed E-state index contributed by atoms with van der Waals surface area (Å²) in [7, 11) is 0. The second-order valence-electron chi connectivity index (χ2n) is 7.17. The summed E-state index contributed by atoms with van der Waals surface area (Å²) in [5.41, 5.74) is 0.862. The molecule has 0 fully saturated rings. The van der Waals surface area contributed by atoms with Crippen LogP contribution in [0.5, 0.6) is 5.75 Å². The first-order chi connectivity index (χ1) is 14.1. The molecule has 0 radical (unpaired) electrons. The van der Waals surface area contributed by atoms with Crippen molar-refractivity contribution in [3.63, 3.8) is 0 Å². The molecule has 0 aliphatic rings. The van der Waals surface area contributed by atoms with E-state index in [1.54, 1.807) is 19.2 Å². The number of carbonyl (C=O) groups is 1. The smallest absolute Gasteiger partial charge is 0.340 e. The van der Waals surface area contributed by atoms with Crippen molar-refractivity contribution in [1.82, 2.24) is 15.3 Å². The molecule has 0 bridgehead atoms. The Bertz CT molecular complexity index is 832. The summed E-state index contributed by atoms with van der Waals surface area (Å²) in [5, 5.41) is 5.99. The Morgan fingerprint density at radius 1 is 1.17 bits per heavy atom. The molecule has 30 heavy (non-hydrogen) atoms. The lowest BCUT2D eigenvalue weighted by atomic mass is 10.1. The van der Waals surface area contributed by atoms with Gasteiger partial charge in [0.25, 0.3) is 5.91 Å². The highest BCUT2D eigenvalue weighted by molar-refractivity contribution is 5.92. The lowest BCUT2D eigenvalue weighted by Gasteiger charge is -2.17. The minimum absolute atomic E-state index is 0.0297. The topological polar surface area (TPSA) is 76.1 Å². The van der Waals surface area contributed by atoms with Gasteiger partial charge in [-0.05, 0) is 42.7 Å². The maximum Gasteiger partial charge on any atom is 0.340 e. The Hall–Kier alpha value is -2.91. The highest BCUT2D eigenvalue weighted by Gasteiger charge is 2.41. The van der Waals surface area contributed by atoms with E-state index in [4.69, 9.17) is 0 Å². The third-order valence-electron chi connectivity index (χ3n) is 4.04. The zero-order chi connectivity index (χ0) is 22.3. The molecule has 0 saturated carbocycles. The number of hydrogen-bond acceptors (Lipinski definition) is 5. The van der Waals surface area contributed by atoms with Gasteiger partial charge in [-0.2, -0.15) is 8.78 Å². The number of hydrogen-bond donors (Lipinski definition) is 2. The molecule has 0 saturated heterocycles. The second-order valence-corrected chi connectivity index (χ2v) is 7.17. The van der Waals surface area contributed by atoms with Crippen molar-refractivity contribution in [2.75, 3.05) is 18.5 Å². The van der Waals surface area contributed by atoms with Gasteiger partial charge in [0.1, 0.15) is 17.3 Å². The molecule has 10 heteroatoms. The molecule has 2 aromatic rings. The van der Waals surface area contributed by atoms with E-state index < -0.39 is 24.9 Å². The van der Waals surface area contributed by atoms with Crippen LogP contribution in [-0.2, 0) is 0 Å². The number of ether oxygens (including phenoxy) is 1. The predicted octanol–water partition coefficient (Wildman–Crippen LogP) is 4.31. The van der Waals surface area contributed by atoms with Gasteiger partial charge in [-0.15, -0.1) is 0 Å². The highest BCUT2D eigenvalue weighted by Crippen LogP contribution is 2.24. The van der Waals surface area contributed by atoms with Gasteiger partial charge in [-0.1, -0.05) is 13.8 Å². The Kier molecular flexibility index (Phi) is 7.96. The largest absolute Gasteiger partial charge is 0.485 e. The Morgan fingerprint density at radius 3 is 2.50 bits per heavy atom. The molecule has 2 aromatic heterocycles. The van der Waals surface area contributed by atoms with Gasteiger partial charge < -0.3 is 15.4 Å². The summed E-state index contributed by atoms with van der Waals surface area (Å²) in [6, 6.07) is 5.75. The fourth-order valence-electron chi connectivity index (χ4n) is 2.32. The van der Waals surface area contributed by atoms with E-state index in [1.165, 1.54) is 12.1 Å². The summed E-state index contributed by atoms with van der Waals surface area (Å²) in [4.78, 5) is 20.5. The monoisotopic (exact) mass is 428 g/mol. The number of carbonyl (C=O) groups excluding carboxylic acids is 1. The van der Waals surface area contributed by atoms with E-state index in [-0.39, 0.29) is 17.5 Å². The normalized spacial score (nSPS) is 12.7. The second kappa shape index (κ2) is 10.2. The van der Waals surface area contributed by atoms with Gasteiger partial charge in [-0.25, -0.2) is 18.7 Å². The number of amides is 1. The average Bonchev–Trinajstić information content (AvgIpc) is 2.71. The van der Waals surface area contributed by atoms with Crippen molar-refractivity contribution in [2.24, 2.45) is 5.92 Å². The molecule has 2 N–H and O–H groups in total. The van der Waals surface area contributed by atoms with Gasteiger partial charge in [0.15, 0.2) is 6.61 Å². The van der Waals surface area contributed by atoms with Crippen LogP contribution < -0.4 is 15.4 Å². The standard InChI is InChI=1S/C20H24F4N4O2/c1-12(2)9-27-17-8-14(6-7-25-17)13(3)28-18(29)16-5-4-15(10-26-16)30-11-20(23,24)19(21)22/h4-8,10,12-13,19H,9,11H2,1-3H3,(H,25,27)(H,28,29). The minimum Gasteiger partial charge on any atom is -0.485 e. The van der Waals surface area contributed by atoms with Crippen molar-refractivity contribution >= 4 is 11.7 Å². The zero-order valence-electron chi connectivity index (χ0n) is 16.8. The first-order valence-electron chi connectivity index (χ1n) is 9.34. The number of nitrogens with zero attached hydrogens (tertiary/aromatic N) is 2. The van der Waals surface area contributed by atoms with E-state index >= 15 is 0 Å². The van der Waals surface area contributed by atoms with Crippen molar-refractivity contribution in [2.45, 2.75) is 39.2 Å². The van der Waals surface area contributed by atoms with Crippen LogP contribution in [0.15, 0.2) is 36.7 Å². The number of alkyl halides is 4. The van der Waals surface area contributed by atoms with Crippen LogP contribution in [0, 0.1) is 5.92 Å². The first-order valence-corrected chi connectivity index (χ1v) is 9.34. The van der Waals surface area contributed by atoms with Crippen LogP contribution in [0.3, 0.4) is 0 Å². The van der Waals surface area contributed by atoms with Crippen molar-refractivity contribution in [3.8, 4) is 5.75 Å². The zero-order valence-corrected chi connectivity index (χ0v) is 16.8. The molecule has 0 aliphatic carbocycles. The number of aromatic nitrogens is 2. The average molecular weight is 428 g/mol. The summed E-state index contributed by atoms with van der Waals surface area (Å²) >= 11 is 0. The van der Waals surface area contributed by atoms with Gasteiger partial charge in [-0.3, -0.25) is 4.79 Å². The molecule has 0 aliphatic heterocycles. The molecule has 6 nitrogen and oxygen atoms in total. The summed E-state index contributed by atoms with van der Waals surface area (Å²) in [6.07, 6.45) is -1.16. The van der Waals surface area contributed by atoms with E-state index in [2.05, 4.69) is 39.2 Å². The van der Waals surface area contributed by atoms with Crippen molar-refractivity contribution < 1.29 is 27.1 Å². The van der Waals surface area contributed by atoms with Gasteiger partial charge >= 0.3 is 12.3 Å². The van der Waals surface area contributed by atoms with Crippen LogP contribution in [0.4, 0.5) is 23.4 Å². The summed E-state index contributed by atoms with van der Waals surface area (Å²) in [6.45, 7) is 5.23. The van der Waals surface area contributed by atoms with Crippen LogP contribution in [0.1, 0.15) is 42.9 Å². The minimum atomic E-state index is -4.26. The molecule has 1 amide bonds. The SMILES string of the molecule is CC(C)CNc1cc(C(C)NC(=O)c2ccc(OCC(F)(F)C(F)F)cn2)ccn1. The molecule has 0 spiro atoms. The Balaban J connectivity index is 1.95. The van der Waals surface area contributed by atoms with Gasteiger partial charge in [0.05, 0.1) is 12.2 Å². The van der Waals surface area contributed by atoms with Crippen molar-refractivity contribution in [3.05, 3.63) is 47.9 Å². The summed E-state index contributed by atoms with van der Waals surface area (Å²) in [5.74, 6) is -3.75. The molecule has 1 unspecified atom stereocenters. The highest BCUT2D eigenvalue weighted by atomic mass is 19.3. The number of halogens is 4. The maximum absolute atomic E-state index is 12.9. The molecule has 164 valence electrons. The van der Waals surface area contributed by atoms with Crippen LogP contribution in [-0.4, -0.2) is 41.4 Å². The van der Waals surface area contributed by atoms with E-state index in [0.717, 1.165) is 18.3 Å². The predicted molar refractivity (Wildman–Crippen MR) is 104 cm³/mol. The van der Waals surface area contributed by atoms with E-state index in [0.29, 0.717) is 11.7 Å². The third kappa shape index (κ3) is 6.85. The van der Waals surface area contributed by atoms with E-state index in [9.17, 15) is 22.4 Å². The van der Waals surface area contributed by atoms with E-state index in [1.807, 2.05) is 6.07 Å². The van der Waals surface area contributed by atoms with Crippen molar-refractivity contribution in [1.29, 1.82) is 0 Å². The maximum atomic E-state index is 12.9. The third-order valence-corrected chi connectivity index (χ3v) is 4.04. The number of rotatable bonds is 10. The Labute approximate surface area is 172 Å². The molecule has 2 rings (SSSR count). The van der Waals surface area contributed by atoms with Crippen LogP contribution in [0.2, 0.25) is 0 Å². The molecule has 2 heterocycles. The summed E-state index contributed by atoms with van der Waals surface area (Å²) < 4.78 is 54.7. The number of pyridine rings is 2.